The molecule has 28 heavy (non-hydrogen) atoms. The van der Waals surface area contributed by atoms with Crippen LogP contribution in [0, 0.1) is 0 Å². The van der Waals surface area contributed by atoms with Crippen LogP contribution in [0.15, 0.2) is 36.5 Å². The van der Waals surface area contributed by atoms with Crippen molar-refractivity contribution < 1.29 is 9.47 Å². The zero-order chi connectivity index (χ0) is 18.8. The van der Waals surface area contributed by atoms with Crippen molar-refractivity contribution in [2.75, 3.05) is 49.7 Å². The van der Waals surface area contributed by atoms with Crippen molar-refractivity contribution in [2.45, 2.75) is 18.8 Å². The largest absolute Gasteiger partial charge is 0.381 e. The van der Waals surface area contributed by atoms with Crippen molar-refractivity contribution in [3.05, 3.63) is 42.2 Å². The highest BCUT2D eigenvalue weighted by Gasteiger charge is 2.18. The number of H-pyrrole nitrogens is 1. The van der Waals surface area contributed by atoms with Crippen molar-refractivity contribution in [2.24, 2.45) is 0 Å². The highest BCUT2D eigenvalue weighted by Crippen LogP contribution is 2.29. The maximum atomic E-state index is 5.47. The standard InChI is InChI=1S/C21H25N5O2/c1-2-16(12-17(3-1)26-6-10-28-11-7-26)23-21-22-14-20-19(25-21)13-18(24-20)15-4-8-27-9-5-15/h1-3,12-15,24H,4-11H2,(H,22,23,25). The number of hydrogen-bond acceptors (Lipinski definition) is 6. The average Bonchev–Trinajstić information content (AvgIpc) is 3.19. The van der Waals surface area contributed by atoms with Gasteiger partial charge in [-0.15, -0.1) is 0 Å². The van der Waals surface area contributed by atoms with Crippen LogP contribution in [-0.2, 0) is 9.47 Å². The summed E-state index contributed by atoms with van der Waals surface area (Å²) < 4.78 is 10.9. The number of rotatable bonds is 4. The second-order valence-corrected chi connectivity index (χ2v) is 7.38. The monoisotopic (exact) mass is 379 g/mol. The highest BCUT2D eigenvalue weighted by atomic mass is 16.5. The molecule has 0 bridgehead atoms. The minimum atomic E-state index is 0.518. The number of nitrogens with zero attached hydrogens (tertiary/aromatic N) is 3. The Morgan fingerprint density at radius 3 is 2.71 bits per heavy atom. The molecule has 2 aromatic heterocycles. The second kappa shape index (κ2) is 7.77. The topological polar surface area (TPSA) is 75.3 Å². The lowest BCUT2D eigenvalue weighted by Crippen LogP contribution is -2.36. The first-order chi connectivity index (χ1) is 13.8. The number of ether oxygens (including phenoxy) is 2. The molecule has 4 heterocycles. The third-order valence-electron chi connectivity index (χ3n) is 5.53. The zero-order valence-corrected chi connectivity index (χ0v) is 15.9. The molecule has 0 atom stereocenters. The van der Waals surface area contributed by atoms with E-state index >= 15 is 0 Å². The predicted octanol–water partition coefficient (Wildman–Crippen LogP) is 3.43. The summed E-state index contributed by atoms with van der Waals surface area (Å²) in [5, 5.41) is 3.35. The molecular weight excluding hydrogens is 354 g/mol. The Bertz CT molecular complexity index is 945. The van der Waals surface area contributed by atoms with E-state index in [4.69, 9.17) is 14.5 Å². The summed E-state index contributed by atoms with van der Waals surface area (Å²) in [4.78, 5) is 15.0. The number of aromatic nitrogens is 3. The van der Waals surface area contributed by atoms with E-state index in [2.05, 4.69) is 44.5 Å². The van der Waals surface area contributed by atoms with Gasteiger partial charge in [0.05, 0.1) is 30.4 Å². The zero-order valence-electron chi connectivity index (χ0n) is 15.9. The third kappa shape index (κ3) is 3.68. The number of fused-ring (bicyclic) bond motifs is 1. The van der Waals surface area contributed by atoms with E-state index in [1.807, 2.05) is 12.3 Å². The third-order valence-corrected chi connectivity index (χ3v) is 5.53. The summed E-state index contributed by atoms with van der Waals surface area (Å²) in [6.07, 6.45) is 3.97. The Kier molecular flexibility index (Phi) is 4.85. The van der Waals surface area contributed by atoms with Crippen LogP contribution in [0.1, 0.15) is 24.5 Å². The van der Waals surface area contributed by atoms with Gasteiger partial charge in [0.1, 0.15) is 0 Å². The molecule has 7 nitrogen and oxygen atoms in total. The molecule has 2 saturated heterocycles. The van der Waals surface area contributed by atoms with Gasteiger partial charge in [0, 0.05) is 49.3 Å². The van der Waals surface area contributed by atoms with E-state index in [1.165, 1.54) is 11.4 Å². The first-order valence-corrected chi connectivity index (χ1v) is 9.98. The first kappa shape index (κ1) is 17.5. The SMILES string of the molecule is c1cc(Nc2ncc3[nH]c(C4CCOCC4)cc3n2)cc(N2CCOCC2)c1. The summed E-state index contributed by atoms with van der Waals surface area (Å²) in [5.41, 5.74) is 5.35. The number of anilines is 3. The Balaban J connectivity index is 1.35. The molecule has 2 N–H and O–H groups in total. The fraction of sp³-hybridized carbons (Fsp3) is 0.429. The number of aromatic amines is 1. The molecule has 2 fully saturated rings. The molecule has 0 radical (unpaired) electrons. The summed E-state index contributed by atoms with van der Waals surface area (Å²) >= 11 is 0. The number of nitrogens with one attached hydrogen (secondary N) is 2. The van der Waals surface area contributed by atoms with Gasteiger partial charge in [0.25, 0.3) is 0 Å². The van der Waals surface area contributed by atoms with Gasteiger partial charge in [-0.3, -0.25) is 0 Å². The minimum absolute atomic E-state index is 0.518. The number of benzene rings is 1. The fourth-order valence-electron chi connectivity index (χ4n) is 3.96. The molecular formula is C21H25N5O2. The molecule has 0 saturated carbocycles. The molecule has 2 aliphatic heterocycles. The van der Waals surface area contributed by atoms with Crippen molar-refractivity contribution >= 4 is 28.4 Å². The van der Waals surface area contributed by atoms with Gasteiger partial charge in [0.2, 0.25) is 5.95 Å². The Hall–Kier alpha value is -2.64. The average molecular weight is 379 g/mol. The molecule has 7 heteroatoms. The van der Waals surface area contributed by atoms with Crippen LogP contribution in [0.4, 0.5) is 17.3 Å². The van der Waals surface area contributed by atoms with Crippen molar-refractivity contribution in [1.82, 2.24) is 15.0 Å². The maximum absolute atomic E-state index is 5.47. The molecule has 0 spiro atoms. The molecule has 146 valence electrons. The van der Waals surface area contributed by atoms with E-state index in [9.17, 15) is 0 Å². The summed E-state index contributed by atoms with van der Waals surface area (Å²) in [7, 11) is 0. The van der Waals surface area contributed by atoms with E-state index in [-0.39, 0.29) is 0 Å². The lowest BCUT2D eigenvalue weighted by molar-refractivity contribution is 0.0846. The lowest BCUT2D eigenvalue weighted by atomic mass is 9.97. The van der Waals surface area contributed by atoms with Gasteiger partial charge in [-0.25, -0.2) is 9.97 Å². The predicted molar refractivity (Wildman–Crippen MR) is 109 cm³/mol. The molecule has 0 amide bonds. The number of morpholine rings is 1. The molecule has 0 aliphatic carbocycles. The quantitative estimate of drug-likeness (QED) is 0.723. The van der Waals surface area contributed by atoms with Crippen molar-refractivity contribution in [3.8, 4) is 0 Å². The fourth-order valence-corrected chi connectivity index (χ4v) is 3.96. The normalized spacial score (nSPS) is 18.5. The van der Waals surface area contributed by atoms with Crippen molar-refractivity contribution in [1.29, 1.82) is 0 Å². The maximum Gasteiger partial charge on any atom is 0.227 e. The van der Waals surface area contributed by atoms with E-state index in [0.29, 0.717) is 11.9 Å². The van der Waals surface area contributed by atoms with E-state index in [0.717, 1.165) is 69.1 Å². The van der Waals surface area contributed by atoms with Gasteiger partial charge in [0.15, 0.2) is 0 Å². The first-order valence-electron chi connectivity index (χ1n) is 9.98. The van der Waals surface area contributed by atoms with E-state index < -0.39 is 0 Å². The molecule has 2 aliphatic rings. The Morgan fingerprint density at radius 2 is 1.86 bits per heavy atom. The van der Waals surface area contributed by atoms with Gasteiger partial charge in [-0.1, -0.05) is 6.07 Å². The van der Waals surface area contributed by atoms with Gasteiger partial charge in [-0.05, 0) is 37.1 Å². The van der Waals surface area contributed by atoms with Gasteiger partial charge < -0.3 is 24.7 Å². The van der Waals surface area contributed by atoms with Crippen LogP contribution in [0.3, 0.4) is 0 Å². The van der Waals surface area contributed by atoms with E-state index in [1.54, 1.807) is 0 Å². The molecule has 5 rings (SSSR count). The van der Waals surface area contributed by atoms with Gasteiger partial charge in [-0.2, -0.15) is 0 Å². The molecule has 1 aromatic carbocycles. The van der Waals surface area contributed by atoms with Crippen LogP contribution < -0.4 is 10.2 Å². The van der Waals surface area contributed by atoms with Crippen LogP contribution in [0.5, 0.6) is 0 Å². The van der Waals surface area contributed by atoms with Crippen molar-refractivity contribution in [3.63, 3.8) is 0 Å². The minimum Gasteiger partial charge on any atom is -0.381 e. The second-order valence-electron chi connectivity index (χ2n) is 7.38. The van der Waals surface area contributed by atoms with Crippen LogP contribution in [-0.4, -0.2) is 54.5 Å². The van der Waals surface area contributed by atoms with Gasteiger partial charge >= 0.3 is 0 Å². The van der Waals surface area contributed by atoms with Crippen LogP contribution in [0.2, 0.25) is 0 Å². The summed E-state index contributed by atoms with van der Waals surface area (Å²) in [6, 6.07) is 10.5. The Morgan fingerprint density at radius 1 is 1.04 bits per heavy atom. The number of hydrogen-bond donors (Lipinski definition) is 2. The van der Waals surface area contributed by atoms with Crippen LogP contribution >= 0.6 is 0 Å². The summed E-state index contributed by atoms with van der Waals surface area (Å²) in [5.74, 6) is 1.13. The van der Waals surface area contributed by atoms with Crippen LogP contribution in [0.25, 0.3) is 11.0 Å². The highest BCUT2D eigenvalue weighted by molar-refractivity contribution is 5.77. The smallest absolute Gasteiger partial charge is 0.227 e. The molecule has 0 unspecified atom stereocenters. The Labute approximate surface area is 164 Å². The molecule has 3 aromatic rings. The lowest BCUT2D eigenvalue weighted by Gasteiger charge is -2.29. The summed E-state index contributed by atoms with van der Waals surface area (Å²) in [6.45, 7) is 5.06.